The largest absolute Gasteiger partial charge is 0.383 e. The molecule has 1 aromatic heterocycles. The Morgan fingerprint density at radius 3 is 2.30 bits per heavy atom. The molecule has 0 spiro atoms. The zero-order chi connectivity index (χ0) is 16.4. The molecule has 0 radical (unpaired) electrons. The van der Waals surface area contributed by atoms with Gasteiger partial charge in [0, 0.05) is 21.7 Å². The SMILES string of the molecule is Cc1ccccc1-c1cc(-c2ccccc2Cl)c(C#N)c(N)n1. The van der Waals surface area contributed by atoms with Gasteiger partial charge in [-0.25, -0.2) is 4.98 Å². The van der Waals surface area contributed by atoms with E-state index in [4.69, 9.17) is 17.3 Å². The number of nitrogens with two attached hydrogens (primary N) is 1. The number of aryl methyl sites for hydroxylation is 1. The lowest BCUT2D eigenvalue weighted by Gasteiger charge is -2.12. The second-order valence-corrected chi connectivity index (χ2v) is 5.63. The molecule has 2 aromatic carbocycles. The molecule has 3 aromatic rings. The number of nitrogen functional groups attached to an aromatic ring is 1. The molecule has 4 heteroatoms. The van der Waals surface area contributed by atoms with Crippen LogP contribution in [0.3, 0.4) is 0 Å². The molecule has 0 unspecified atom stereocenters. The normalized spacial score (nSPS) is 10.3. The van der Waals surface area contributed by atoms with E-state index in [1.54, 1.807) is 6.07 Å². The van der Waals surface area contributed by atoms with E-state index < -0.39 is 0 Å². The predicted octanol–water partition coefficient (Wildman–Crippen LogP) is 4.83. The summed E-state index contributed by atoms with van der Waals surface area (Å²) in [5.41, 5.74) is 10.7. The number of anilines is 1. The van der Waals surface area contributed by atoms with Crippen molar-refractivity contribution in [2.45, 2.75) is 6.92 Å². The van der Waals surface area contributed by atoms with Gasteiger partial charge >= 0.3 is 0 Å². The molecule has 0 aliphatic rings. The van der Waals surface area contributed by atoms with Crippen molar-refractivity contribution >= 4 is 17.4 Å². The van der Waals surface area contributed by atoms with Crippen LogP contribution in [0.5, 0.6) is 0 Å². The first-order chi connectivity index (χ1) is 11.1. The van der Waals surface area contributed by atoms with Crippen molar-refractivity contribution in [1.82, 2.24) is 4.98 Å². The summed E-state index contributed by atoms with van der Waals surface area (Å²) < 4.78 is 0. The van der Waals surface area contributed by atoms with Gasteiger partial charge in [-0.05, 0) is 24.6 Å². The molecule has 1 heterocycles. The Labute approximate surface area is 140 Å². The van der Waals surface area contributed by atoms with Gasteiger partial charge in [0.25, 0.3) is 0 Å². The van der Waals surface area contributed by atoms with E-state index >= 15 is 0 Å². The predicted molar refractivity (Wildman–Crippen MR) is 94.0 cm³/mol. The van der Waals surface area contributed by atoms with Crippen molar-refractivity contribution in [3.05, 3.63) is 70.7 Å². The van der Waals surface area contributed by atoms with Gasteiger partial charge in [-0.3, -0.25) is 0 Å². The van der Waals surface area contributed by atoms with Gasteiger partial charge in [0.05, 0.1) is 5.69 Å². The lowest BCUT2D eigenvalue weighted by atomic mass is 9.97. The second kappa shape index (κ2) is 6.12. The number of pyridine rings is 1. The van der Waals surface area contributed by atoms with Gasteiger partial charge < -0.3 is 5.73 Å². The van der Waals surface area contributed by atoms with E-state index in [0.717, 1.165) is 22.4 Å². The summed E-state index contributed by atoms with van der Waals surface area (Å²) in [5.74, 6) is 0.211. The number of nitriles is 1. The third kappa shape index (κ3) is 2.77. The van der Waals surface area contributed by atoms with E-state index in [0.29, 0.717) is 16.1 Å². The molecule has 0 fully saturated rings. The second-order valence-electron chi connectivity index (χ2n) is 5.22. The Kier molecular flexibility index (Phi) is 4.01. The average molecular weight is 320 g/mol. The summed E-state index contributed by atoms with van der Waals surface area (Å²) in [7, 11) is 0. The fourth-order valence-corrected chi connectivity index (χ4v) is 2.81. The molecule has 0 aliphatic heterocycles. The van der Waals surface area contributed by atoms with Crippen molar-refractivity contribution in [3.63, 3.8) is 0 Å². The van der Waals surface area contributed by atoms with Crippen molar-refractivity contribution < 1.29 is 0 Å². The molecule has 0 amide bonds. The van der Waals surface area contributed by atoms with Crippen LogP contribution in [0.15, 0.2) is 54.6 Å². The molecule has 0 saturated carbocycles. The average Bonchev–Trinajstić information content (AvgIpc) is 2.55. The number of aromatic nitrogens is 1. The molecule has 0 saturated heterocycles. The number of rotatable bonds is 2. The van der Waals surface area contributed by atoms with Crippen LogP contribution in [0.25, 0.3) is 22.4 Å². The van der Waals surface area contributed by atoms with Crippen LogP contribution >= 0.6 is 11.6 Å². The Bertz CT molecular complexity index is 926. The quantitative estimate of drug-likeness (QED) is 0.735. The van der Waals surface area contributed by atoms with Crippen molar-refractivity contribution in [3.8, 4) is 28.5 Å². The molecule has 0 bridgehead atoms. The molecule has 0 atom stereocenters. The number of hydrogen-bond donors (Lipinski definition) is 1. The molecule has 23 heavy (non-hydrogen) atoms. The van der Waals surface area contributed by atoms with E-state index in [-0.39, 0.29) is 5.82 Å². The number of benzene rings is 2. The van der Waals surface area contributed by atoms with E-state index in [9.17, 15) is 5.26 Å². The van der Waals surface area contributed by atoms with E-state index in [2.05, 4.69) is 11.1 Å². The van der Waals surface area contributed by atoms with Gasteiger partial charge in [-0.2, -0.15) is 5.26 Å². The zero-order valence-corrected chi connectivity index (χ0v) is 13.3. The van der Waals surface area contributed by atoms with Crippen molar-refractivity contribution in [2.75, 3.05) is 5.73 Å². The maximum Gasteiger partial charge on any atom is 0.142 e. The fourth-order valence-electron chi connectivity index (χ4n) is 2.57. The highest BCUT2D eigenvalue weighted by molar-refractivity contribution is 6.33. The van der Waals surface area contributed by atoms with Crippen LogP contribution in [0, 0.1) is 18.3 Å². The summed E-state index contributed by atoms with van der Waals surface area (Å²) in [6.07, 6.45) is 0. The molecule has 2 N–H and O–H groups in total. The highest BCUT2D eigenvalue weighted by Crippen LogP contribution is 2.35. The Morgan fingerprint density at radius 1 is 1.00 bits per heavy atom. The maximum atomic E-state index is 9.45. The van der Waals surface area contributed by atoms with Crippen LogP contribution in [0.2, 0.25) is 5.02 Å². The Morgan fingerprint density at radius 2 is 1.65 bits per heavy atom. The lowest BCUT2D eigenvalue weighted by Crippen LogP contribution is -2.00. The lowest BCUT2D eigenvalue weighted by molar-refractivity contribution is 1.29. The number of hydrogen-bond acceptors (Lipinski definition) is 3. The molecule has 0 aliphatic carbocycles. The molecule has 112 valence electrons. The fraction of sp³-hybridized carbons (Fsp3) is 0.0526. The molecular weight excluding hydrogens is 306 g/mol. The third-order valence-corrected chi connectivity index (χ3v) is 4.07. The molecule has 3 nitrogen and oxygen atoms in total. The number of nitrogens with zero attached hydrogens (tertiary/aromatic N) is 2. The smallest absolute Gasteiger partial charge is 0.142 e. The van der Waals surface area contributed by atoms with Crippen LogP contribution in [-0.4, -0.2) is 4.98 Å². The summed E-state index contributed by atoms with van der Waals surface area (Å²) in [6.45, 7) is 2.01. The number of halogens is 1. The zero-order valence-electron chi connectivity index (χ0n) is 12.5. The minimum absolute atomic E-state index is 0.211. The van der Waals surface area contributed by atoms with Crippen molar-refractivity contribution in [2.24, 2.45) is 0 Å². The van der Waals surface area contributed by atoms with Crippen LogP contribution in [0.1, 0.15) is 11.1 Å². The summed E-state index contributed by atoms with van der Waals surface area (Å²) >= 11 is 6.30. The first-order valence-corrected chi connectivity index (χ1v) is 7.51. The first kappa shape index (κ1) is 15.1. The summed E-state index contributed by atoms with van der Waals surface area (Å²) in [4.78, 5) is 4.40. The highest BCUT2D eigenvalue weighted by Gasteiger charge is 2.15. The first-order valence-electron chi connectivity index (χ1n) is 7.13. The van der Waals surface area contributed by atoms with Gasteiger partial charge in [0.1, 0.15) is 17.5 Å². The minimum Gasteiger partial charge on any atom is -0.383 e. The Hall–Kier alpha value is -2.83. The third-order valence-electron chi connectivity index (χ3n) is 3.74. The topological polar surface area (TPSA) is 62.7 Å². The van der Waals surface area contributed by atoms with E-state index in [1.165, 1.54) is 0 Å². The maximum absolute atomic E-state index is 9.45. The summed E-state index contributed by atoms with van der Waals surface area (Å²) in [5, 5.41) is 10.0. The monoisotopic (exact) mass is 319 g/mol. The Balaban J connectivity index is 2.30. The van der Waals surface area contributed by atoms with Gasteiger partial charge in [-0.1, -0.05) is 54.1 Å². The minimum atomic E-state index is 0.211. The van der Waals surface area contributed by atoms with Crippen LogP contribution in [0.4, 0.5) is 5.82 Å². The van der Waals surface area contributed by atoms with Crippen LogP contribution < -0.4 is 5.73 Å². The molecular formula is C19H14ClN3. The standard InChI is InChI=1S/C19H14ClN3/c1-12-6-2-3-7-13(12)18-10-15(16(11-21)19(22)23-18)14-8-4-5-9-17(14)20/h2-10H,1H3,(H2,22,23). The van der Waals surface area contributed by atoms with Crippen LogP contribution in [-0.2, 0) is 0 Å². The highest BCUT2D eigenvalue weighted by atomic mass is 35.5. The van der Waals surface area contributed by atoms with Crippen molar-refractivity contribution in [1.29, 1.82) is 5.26 Å². The van der Waals surface area contributed by atoms with E-state index in [1.807, 2.05) is 55.5 Å². The van der Waals surface area contributed by atoms with Gasteiger partial charge in [0.2, 0.25) is 0 Å². The van der Waals surface area contributed by atoms with Gasteiger partial charge in [0.15, 0.2) is 0 Å². The molecule has 3 rings (SSSR count). The van der Waals surface area contributed by atoms with Gasteiger partial charge in [-0.15, -0.1) is 0 Å². The summed E-state index contributed by atoms with van der Waals surface area (Å²) in [6, 6.07) is 19.3.